The molecule has 0 saturated carbocycles. The summed E-state index contributed by atoms with van der Waals surface area (Å²) >= 11 is 0. The van der Waals surface area contributed by atoms with Crippen molar-refractivity contribution in [2.45, 2.75) is 32.3 Å². The van der Waals surface area contributed by atoms with Gasteiger partial charge in [0, 0.05) is 26.9 Å². The Balaban J connectivity index is 2.00. The standard InChI is InChI=1S/C13H26N2O3/c1-11(13(16)15-6-3-8-17-2)18-9-5-12-4-7-14-10-12/h11-12,14H,3-10H2,1-2H3,(H,15,16). The van der Waals surface area contributed by atoms with Crippen LogP contribution in [0.1, 0.15) is 26.2 Å². The van der Waals surface area contributed by atoms with Crippen LogP contribution < -0.4 is 10.6 Å². The summed E-state index contributed by atoms with van der Waals surface area (Å²) in [6.07, 6.45) is 2.74. The number of amides is 1. The quantitative estimate of drug-likeness (QED) is 0.593. The van der Waals surface area contributed by atoms with Crippen LogP contribution in [0.25, 0.3) is 0 Å². The van der Waals surface area contributed by atoms with Crippen LogP contribution in [0, 0.1) is 5.92 Å². The first-order chi connectivity index (χ1) is 8.74. The first-order valence-electron chi connectivity index (χ1n) is 6.83. The van der Waals surface area contributed by atoms with E-state index in [9.17, 15) is 4.79 Å². The third kappa shape index (κ3) is 6.33. The molecule has 1 heterocycles. The summed E-state index contributed by atoms with van der Waals surface area (Å²) in [5, 5.41) is 6.17. The number of rotatable bonds is 9. The van der Waals surface area contributed by atoms with Gasteiger partial charge in [0.15, 0.2) is 0 Å². The molecule has 1 fully saturated rings. The van der Waals surface area contributed by atoms with Crippen molar-refractivity contribution in [3.05, 3.63) is 0 Å². The molecule has 2 N–H and O–H groups in total. The molecular formula is C13H26N2O3. The fraction of sp³-hybridized carbons (Fsp3) is 0.923. The fourth-order valence-electron chi connectivity index (χ4n) is 2.02. The van der Waals surface area contributed by atoms with Crippen LogP contribution in [0.5, 0.6) is 0 Å². The average Bonchev–Trinajstić information content (AvgIpc) is 2.87. The van der Waals surface area contributed by atoms with E-state index in [0.717, 1.165) is 25.9 Å². The van der Waals surface area contributed by atoms with E-state index in [2.05, 4.69) is 10.6 Å². The van der Waals surface area contributed by atoms with Gasteiger partial charge in [-0.1, -0.05) is 0 Å². The highest BCUT2D eigenvalue weighted by Gasteiger charge is 2.16. The number of methoxy groups -OCH3 is 1. The Bertz CT molecular complexity index is 230. The number of carbonyl (C=O) groups excluding carboxylic acids is 1. The molecule has 1 saturated heterocycles. The van der Waals surface area contributed by atoms with Crippen molar-refractivity contribution in [3.8, 4) is 0 Å². The van der Waals surface area contributed by atoms with E-state index in [1.54, 1.807) is 14.0 Å². The van der Waals surface area contributed by atoms with Gasteiger partial charge in [0.05, 0.1) is 0 Å². The summed E-state index contributed by atoms with van der Waals surface area (Å²) in [7, 11) is 1.66. The molecule has 1 aliphatic rings. The topological polar surface area (TPSA) is 59.6 Å². The minimum absolute atomic E-state index is 0.0318. The Morgan fingerprint density at radius 1 is 1.50 bits per heavy atom. The van der Waals surface area contributed by atoms with Gasteiger partial charge < -0.3 is 20.1 Å². The zero-order valence-corrected chi connectivity index (χ0v) is 11.5. The summed E-state index contributed by atoms with van der Waals surface area (Å²) in [6, 6.07) is 0. The highest BCUT2D eigenvalue weighted by atomic mass is 16.5. The van der Waals surface area contributed by atoms with Crippen LogP contribution in [0.15, 0.2) is 0 Å². The van der Waals surface area contributed by atoms with Crippen LogP contribution in [0.3, 0.4) is 0 Å². The second-order valence-corrected chi connectivity index (χ2v) is 4.80. The van der Waals surface area contributed by atoms with Gasteiger partial charge in [-0.2, -0.15) is 0 Å². The van der Waals surface area contributed by atoms with E-state index in [1.807, 2.05) is 0 Å². The van der Waals surface area contributed by atoms with Crippen molar-refractivity contribution in [2.75, 3.05) is 40.0 Å². The molecule has 5 nitrogen and oxygen atoms in total. The second-order valence-electron chi connectivity index (χ2n) is 4.80. The molecule has 0 aliphatic carbocycles. The predicted molar refractivity (Wildman–Crippen MR) is 70.5 cm³/mol. The highest BCUT2D eigenvalue weighted by Crippen LogP contribution is 2.12. The molecule has 18 heavy (non-hydrogen) atoms. The highest BCUT2D eigenvalue weighted by molar-refractivity contribution is 5.80. The number of ether oxygens (including phenoxy) is 2. The maximum absolute atomic E-state index is 11.6. The maximum Gasteiger partial charge on any atom is 0.248 e. The zero-order chi connectivity index (χ0) is 13.2. The van der Waals surface area contributed by atoms with Gasteiger partial charge in [-0.3, -0.25) is 4.79 Å². The van der Waals surface area contributed by atoms with Gasteiger partial charge in [-0.25, -0.2) is 0 Å². The number of nitrogens with one attached hydrogen (secondary N) is 2. The SMILES string of the molecule is COCCCNC(=O)C(C)OCCC1CCNC1. The van der Waals surface area contributed by atoms with Crippen molar-refractivity contribution in [1.29, 1.82) is 0 Å². The summed E-state index contributed by atoms with van der Waals surface area (Å²) in [4.78, 5) is 11.6. The molecule has 1 aliphatic heterocycles. The molecule has 106 valence electrons. The Morgan fingerprint density at radius 3 is 3.00 bits per heavy atom. The van der Waals surface area contributed by atoms with Gasteiger partial charge in [0.1, 0.15) is 6.10 Å². The van der Waals surface area contributed by atoms with Crippen LogP contribution in [0.4, 0.5) is 0 Å². The van der Waals surface area contributed by atoms with Crippen molar-refractivity contribution in [3.63, 3.8) is 0 Å². The average molecular weight is 258 g/mol. The zero-order valence-electron chi connectivity index (χ0n) is 11.5. The Kier molecular flexibility index (Phi) is 7.96. The van der Waals surface area contributed by atoms with Crippen molar-refractivity contribution >= 4 is 5.91 Å². The molecule has 1 rings (SSSR count). The van der Waals surface area contributed by atoms with Gasteiger partial charge in [0.2, 0.25) is 5.91 Å². The normalized spacial score (nSPS) is 20.9. The molecule has 0 bridgehead atoms. The molecule has 0 aromatic heterocycles. The van der Waals surface area contributed by atoms with Crippen molar-refractivity contribution in [1.82, 2.24) is 10.6 Å². The summed E-state index contributed by atoms with van der Waals surface area (Å²) in [5.41, 5.74) is 0. The third-order valence-corrected chi connectivity index (χ3v) is 3.25. The van der Waals surface area contributed by atoms with Gasteiger partial charge >= 0.3 is 0 Å². The molecule has 0 spiro atoms. The van der Waals surface area contributed by atoms with E-state index in [0.29, 0.717) is 25.7 Å². The monoisotopic (exact) mass is 258 g/mol. The molecule has 0 aromatic carbocycles. The number of hydrogen-bond acceptors (Lipinski definition) is 4. The lowest BCUT2D eigenvalue weighted by Gasteiger charge is -2.14. The maximum atomic E-state index is 11.6. The summed E-state index contributed by atoms with van der Waals surface area (Å²) < 4.78 is 10.5. The lowest BCUT2D eigenvalue weighted by atomic mass is 10.1. The Labute approximate surface area is 110 Å². The van der Waals surface area contributed by atoms with Crippen molar-refractivity contribution < 1.29 is 14.3 Å². The van der Waals surface area contributed by atoms with Gasteiger partial charge in [0.25, 0.3) is 0 Å². The molecule has 0 radical (unpaired) electrons. The first kappa shape index (κ1) is 15.4. The van der Waals surface area contributed by atoms with Gasteiger partial charge in [-0.15, -0.1) is 0 Å². The van der Waals surface area contributed by atoms with E-state index >= 15 is 0 Å². The number of carbonyl (C=O) groups is 1. The van der Waals surface area contributed by atoms with E-state index in [1.165, 1.54) is 6.42 Å². The van der Waals surface area contributed by atoms with Crippen LogP contribution in [-0.4, -0.2) is 52.0 Å². The van der Waals surface area contributed by atoms with Crippen LogP contribution >= 0.6 is 0 Å². The summed E-state index contributed by atoms with van der Waals surface area (Å²) in [5.74, 6) is 0.678. The van der Waals surface area contributed by atoms with E-state index < -0.39 is 0 Å². The minimum Gasteiger partial charge on any atom is -0.385 e. The first-order valence-corrected chi connectivity index (χ1v) is 6.83. The lowest BCUT2D eigenvalue weighted by molar-refractivity contribution is -0.131. The molecule has 2 unspecified atom stereocenters. The number of hydrogen-bond donors (Lipinski definition) is 2. The smallest absolute Gasteiger partial charge is 0.248 e. The van der Waals surface area contributed by atoms with Crippen LogP contribution in [0.2, 0.25) is 0 Å². The molecular weight excluding hydrogens is 232 g/mol. The Morgan fingerprint density at radius 2 is 2.33 bits per heavy atom. The largest absolute Gasteiger partial charge is 0.385 e. The minimum atomic E-state index is -0.359. The Hall–Kier alpha value is -0.650. The third-order valence-electron chi connectivity index (χ3n) is 3.25. The predicted octanol–water partition coefficient (Wildman–Crippen LogP) is 0.544. The lowest BCUT2D eigenvalue weighted by Crippen LogP contribution is -2.35. The van der Waals surface area contributed by atoms with E-state index in [-0.39, 0.29) is 12.0 Å². The molecule has 1 amide bonds. The molecule has 2 atom stereocenters. The fourth-order valence-corrected chi connectivity index (χ4v) is 2.02. The second kappa shape index (κ2) is 9.30. The summed E-state index contributed by atoms with van der Waals surface area (Å²) in [6.45, 7) is 5.98. The van der Waals surface area contributed by atoms with Crippen LogP contribution in [-0.2, 0) is 14.3 Å². The van der Waals surface area contributed by atoms with Crippen molar-refractivity contribution in [2.24, 2.45) is 5.92 Å². The molecule has 5 heteroatoms. The van der Waals surface area contributed by atoms with Gasteiger partial charge in [-0.05, 0) is 45.2 Å². The molecule has 0 aromatic rings. The van der Waals surface area contributed by atoms with E-state index in [4.69, 9.17) is 9.47 Å².